The van der Waals surface area contributed by atoms with E-state index in [0.717, 1.165) is 21.5 Å². The maximum atomic E-state index is 11.3. The molecule has 26 heavy (non-hydrogen) atoms. The van der Waals surface area contributed by atoms with Crippen molar-refractivity contribution in [3.05, 3.63) is 24.5 Å². The van der Waals surface area contributed by atoms with Gasteiger partial charge in [0.1, 0.15) is 29.2 Å². The number of hydrogen-bond acceptors (Lipinski definition) is 6. The van der Waals surface area contributed by atoms with E-state index < -0.39 is 0 Å². The summed E-state index contributed by atoms with van der Waals surface area (Å²) in [5.74, 6) is 1.66. The van der Waals surface area contributed by atoms with E-state index in [1.165, 1.54) is 6.92 Å². The highest BCUT2D eigenvalue weighted by atomic mass is 32.2. The quantitative estimate of drug-likeness (QED) is 0.686. The standard InChI is InChI=1S/C18H18N4O3S/c1-9-8-24-18-14(25-9)5-16(26-3)22-17(18)12-6-19-13-7-20-15(4-11(12)13)21-10(2)23/h4-7,9,19H,8H2,1-3H3,(H,20,21,23). The molecule has 1 amide bonds. The maximum absolute atomic E-state index is 11.3. The maximum Gasteiger partial charge on any atom is 0.222 e. The zero-order valence-corrected chi connectivity index (χ0v) is 15.4. The van der Waals surface area contributed by atoms with Crippen LogP contribution in [0.3, 0.4) is 0 Å². The van der Waals surface area contributed by atoms with Crippen LogP contribution in [0.15, 0.2) is 29.6 Å². The summed E-state index contributed by atoms with van der Waals surface area (Å²) in [6, 6.07) is 3.73. The molecule has 0 radical (unpaired) electrons. The van der Waals surface area contributed by atoms with E-state index in [1.807, 2.05) is 31.5 Å². The minimum absolute atomic E-state index is 0.00834. The summed E-state index contributed by atoms with van der Waals surface area (Å²) < 4.78 is 11.9. The first-order valence-electron chi connectivity index (χ1n) is 8.18. The number of aromatic amines is 1. The van der Waals surface area contributed by atoms with Crippen LogP contribution in [-0.2, 0) is 4.79 Å². The van der Waals surface area contributed by atoms with Crippen molar-refractivity contribution in [1.29, 1.82) is 0 Å². The van der Waals surface area contributed by atoms with Crippen LogP contribution in [0.1, 0.15) is 13.8 Å². The lowest BCUT2D eigenvalue weighted by Crippen LogP contribution is -2.26. The number of thioether (sulfide) groups is 1. The zero-order valence-electron chi connectivity index (χ0n) is 14.6. The predicted octanol–water partition coefficient (Wildman–Crippen LogP) is 3.46. The second-order valence-corrected chi connectivity index (χ2v) is 6.91. The molecule has 0 aliphatic carbocycles. The molecular weight excluding hydrogens is 352 g/mol. The number of carbonyl (C=O) groups excluding carboxylic acids is 1. The molecule has 1 atom stereocenters. The second-order valence-electron chi connectivity index (χ2n) is 6.08. The Labute approximate surface area is 154 Å². The number of ether oxygens (including phenoxy) is 2. The molecule has 2 N–H and O–H groups in total. The van der Waals surface area contributed by atoms with Gasteiger partial charge in [-0.1, -0.05) is 0 Å². The summed E-state index contributed by atoms with van der Waals surface area (Å²) in [7, 11) is 0. The number of H-pyrrole nitrogens is 1. The number of hydrogen-bond donors (Lipinski definition) is 2. The summed E-state index contributed by atoms with van der Waals surface area (Å²) in [6.07, 6.45) is 5.53. The molecule has 1 aliphatic heterocycles. The Morgan fingerprint density at radius 1 is 1.42 bits per heavy atom. The molecule has 134 valence electrons. The average molecular weight is 370 g/mol. The van der Waals surface area contributed by atoms with Crippen LogP contribution in [0.5, 0.6) is 11.5 Å². The van der Waals surface area contributed by atoms with Crippen LogP contribution in [-0.4, -0.2) is 39.8 Å². The van der Waals surface area contributed by atoms with Crippen LogP contribution < -0.4 is 14.8 Å². The first-order chi connectivity index (χ1) is 12.5. The first kappa shape index (κ1) is 16.7. The molecule has 0 saturated carbocycles. The molecule has 0 bridgehead atoms. The highest BCUT2D eigenvalue weighted by Crippen LogP contribution is 2.43. The van der Waals surface area contributed by atoms with Gasteiger partial charge in [0, 0.05) is 30.1 Å². The van der Waals surface area contributed by atoms with Crippen molar-refractivity contribution in [2.24, 2.45) is 0 Å². The highest BCUT2D eigenvalue weighted by molar-refractivity contribution is 7.98. The van der Waals surface area contributed by atoms with E-state index >= 15 is 0 Å². The third-order valence-corrected chi connectivity index (χ3v) is 4.67. The van der Waals surface area contributed by atoms with E-state index in [9.17, 15) is 4.79 Å². The van der Waals surface area contributed by atoms with Crippen LogP contribution in [0.2, 0.25) is 0 Å². The molecule has 4 rings (SSSR count). The fourth-order valence-electron chi connectivity index (χ4n) is 2.92. The van der Waals surface area contributed by atoms with Crippen molar-refractivity contribution >= 4 is 34.4 Å². The van der Waals surface area contributed by atoms with Gasteiger partial charge in [-0.3, -0.25) is 4.79 Å². The summed E-state index contributed by atoms with van der Waals surface area (Å²) in [6.45, 7) is 3.90. The van der Waals surface area contributed by atoms with Crippen molar-refractivity contribution in [3.8, 4) is 22.8 Å². The Hall–Kier alpha value is -2.74. The Kier molecular flexibility index (Phi) is 4.20. The molecule has 8 heteroatoms. The Balaban J connectivity index is 1.89. The monoisotopic (exact) mass is 370 g/mol. The Bertz CT molecular complexity index is 1000. The van der Waals surface area contributed by atoms with Gasteiger partial charge in [-0.2, -0.15) is 0 Å². The lowest BCUT2D eigenvalue weighted by atomic mass is 10.1. The number of pyridine rings is 2. The number of nitrogens with zero attached hydrogens (tertiary/aromatic N) is 2. The SMILES string of the molecule is CSc1cc2c(c(-c3c[nH]c4cnc(NC(C)=O)cc34)n1)OCC(C)O2. The summed E-state index contributed by atoms with van der Waals surface area (Å²) in [5, 5.41) is 4.46. The minimum Gasteiger partial charge on any atom is -0.484 e. The van der Waals surface area contributed by atoms with E-state index in [0.29, 0.717) is 29.6 Å². The van der Waals surface area contributed by atoms with Crippen molar-refractivity contribution in [1.82, 2.24) is 15.0 Å². The van der Waals surface area contributed by atoms with E-state index in [4.69, 9.17) is 14.5 Å². The topological polar surface area (TPSA) is 89.1 Å². The molecule has 0 fully saturated rings. The van der Waals surface area contributed by atoms with Crippen LogP contribution in [0, 0.1) is 0 Å². The molecular formula is C18H18N4O3S. The summed E-state index contributed by atoms with van der Waals surface area (Å²) >= 11 is 1.55. The van der Waals surface area contributed by atoms with Gasteiger partial charge in [0.15, 0.2) is 11.5 Å². The first-order valence-corrected chi connectivity index (χ1v) is 9.41. The zero-order chi connectivity index (χ0) is 18.3. The highest BCUT2D eigenvalue weighted by Gasteiger charge is 2.25. The lowest BCUT2D eigenvalue weighted by Gasteiger charge is -2.25. The molecule has 0 aromatic carbocycles. The predicted molar refractivity (Wildman–Crippen MR) is 101 cm³/mol. The number of carbonyl (C=O) groups is 1. The van der Waals surface area contributed by atoms with E-state index in [2.05, 4.69) is 15.3 Å². The average Bonchev–Trinajstić information content (AvgIpc) is 3.03. The third-order valence-electron chi connectivity index (χ3n) is 4.04. The fraction of sp³-hybridized carbons (Fsp3) is 0.278. The lowest BCUT2D eigenvalue weighted by molar-refractivity contribution is -0.114. The summed E-state index contributed by atoms with van der Waals surface area (Å²) in [5.41, 5.74) is 2.44. The number of rotatable bonds is 3. The summed E-state index contributed by atoms with van der Waals surface area (Å²) in [4.78, 5) is 23.5. The third kappa shape index (κ3) is 2.96. The van der Waals surface area contributed by atoms with Gasteiger partial charge in [0.05, 0.1) is 11.7 Å². The van der Waals surface area contributed by atoms with E-state index in [1.54, 1.807) is 18.0 Å². The van der Waals surface area contributed by atoms with Gasteiger partial charge in [-0.15, -0.1) is 11.8 Å². The number of amides is 1. The molecule has 0 spiro atoms. The van der Waals surface area contributed by atoms with Gasteiger partial charge in [0.2, 0.25) is 5.91 Å². The largest absolute Gasteiger partial charge is 0.484 e. The Morgan fingerprint density at radius 3 is 3.04 bits per heavy atom. The Morgan fingerprint density at radius 2 is 2.27 bits per heavy atom. The van der Waals surface area contributed by atoms with Crippen molar-refractivity contribution < 1.29 is 14.3 Å². The molecule has 0 saturated heterocycles. The molecule has 7 nitrogen and oxygen atoms in total. The minimum atomic E-state index is -0.167. The molecule has 1 unspecified atom stereocenters. The van der Waals surface area contributed by atoms with Crippen molar-refractivity contribution in [2.45, 2.75) is 25.0 Å². The number of nitrogens with one attached hydrogen (secondary N) is 2. The van der Waals surface area contributed by atoms with E-state index in [-0.39, 0.29) is 12.0 Å². The van der Waals surface area contributed by atoms with Crippen LogP contribution >= 0.6 is 11.8 Å². The number of aromatic nitrogens is 3. The molecule has 3 aromatic rings. The molecule has 1 aliphatic rings. The molecule has 3 aromatic heterocycles. The van der Waals surface area contributed by atoms with Gasteiger partial charge < -0.3 is 19.8 Å². The fourth-order valence-corrected chi connectivity index (χ4v) is 3.33. The van der Waals surface area contributed by atoms with Gasteiger partial charge in [0.25, 0.3) is 0 Å². The smallest absolute Gasteiger partial charge is 0.222 e. The van der Waals surface area contributed by atoms with Crippen LogP contribution in [0.25, 0.3) is 22.2 Å². The van der Waals surface area contributed by atoms with Gasteiger partial charge >= 0.3 is 0 Å². The second kappa shape index (κ2) is 6.53. The van der Waals surface area contributed by atoms with Crippen molar-refractivity contribution in [3.63, 3.8) is 0 Å². The van der Waals surface area contributed by atoms with Gasteiger partial charge in [-0.25, -0.2) is 9.97 Å². The molecule has 4 heterocycles. The van der Waals surface area contributed by atoms with Crippen LogP contribution in [0.4, 0.5) is 5.82 Å². The number of fused-ring (bicyclic) bond motifs is 2. The van der Waals surface area contributed by atoms with Gasteiger partial charge in [-0.05, 0) is 19.2 Å². The normalized spacial score (nSPS) is 15.9. The number of anilines is 1. The van der Waals surface area contributed by atoms with Crippen molar-refractivity contribution in [2.75, 3.05) is 18.2 Å².